The van der Waals surface area contributed by atoms with E-state index in [1.54, 1.807) is 0 Å². The van der Waals surface area contributed by atoms with Gasteiger partial charge in [-0.3, -0.25) is 0 Å². The first kappa shape index (κ1) is 9.01. The molecule has 1 saturated heterocycles. The summed E-state index contributed by atoms with van der Waals surface area (Å²) >= 11 is 0. The van der Waals surface area contributed by atoms with Gasteiger partial charge in [-0.25, -0.2) is 0 Å². The molecule has 0 amide bonds. The minimum atomic E-state index is -0.499. The zero-order chi connectivity index (χ0) is 8.48. The van der Waals surface area contributed by atoms with E-state index in [9.17, 15) is 5.11 Å². The molecule has 0 aromatic carbocycles. The summed E-state index contributed by atoms with van der Waals surface area (Å²) in [6.07, 6.45) is 1.97. The Kier molecular flexibility index (Phi) is 2.55. The summed E-state index contributed by atoms with van der Waals surface area (Å²) in [6.45, 7) is 7.00. The molecule has 1 rings (SSSR count). The molecule has 0 aromatic rings. The van der Waals surface area contributed by atoms with Gasteiger partial charge in [-0.1, -0.05) is 20.8 Å². The van der Waals surface area contributed by atoms with E-state index in [0.29, 0.717) is 12.0 Å². The van der Waals surface area contributed by atoms with Gasteiger partial charge in [-0.15, -0.1) is 0 Å². The van der Waals surface area contributed by atoms with Gasteiger partial charge in [0.15, 0.2) is 0 Å². The van der Waals surface area contributed by atoms with Gasteiger partial charge in [-0.2, -0.15) is 0 Å². The monoisotopic (exact) mass is 158 g/mol. The molecule has 2 heteroatoms. The highest BCUT2D eigenvalue weighted by Gasteiger charge is 2.37. The third-order valence-corrected chi connectivity index (χ3v) is 2.67. The molecule has 2 nitrogen and oxygen atoms in total. The van der Waals surface area contributed by atoms with Crippen LogP contribution < -0.4 is 0 Å². The van der Waals surface area contributed by atoms with Crippen LogP contribution in [0.5, 0.6) is 0 Å². The van der Waals surface area contributed by atoms with Gasteiger partial charge in [0.2, 0.25) is 0 Å². The standard InChI is InChI=1S/C9H18O2/c1-4-9(10,7(2)3)5-8-6-11-8/h7-8,10H,4-6H2,1-3H3/t8-,9-/m0/s1. The maximum Gasteiger partial charge on any atom is 0.0837 e. The third-order valence-electron chi connectivity index (χ3n) is 2.67. The topological polar surface area (TPSA) is 32.8 Å². The van der Waals surface area contributed by atoms with E-state index in [1.165, 1.54) is 0 Å². The Morgan fingerprint density at radius 2 is 2.18 bits per heavy atom. The largest absolute Gasteiger partial charge is 0.390 e. The highest BCUT2D eigenvalue weighted by atomic mass is 16.6. The summed E-state index contributed by atoms with van der Waals surface area (Å²) in [5, 5.41) is 10.0. The van der Waals surface area contributed by atoms with Gasteiger partial charge in [0.1, 0.15) is 0 Å². The van der Waals surface area contributed by atoms with E-state index in [4.69, 9.17) is 4.74 Å². The first-order valence-electron chi connectivity index (χ1n) is 4.42. The van der Waals surface area contributed by atoms with Crippen LogP contribution in [0.4, 0.5) is 0 Å². The molecule has 0 unspecified atom stereocenters. The summed E-state index contributed by atoms with van der Waals surface area (Å²) in [5.74, 6) is 0.330. The number of hydrogen-bond donors (Lipinski definition) is 1. The van der Waals surface area contributed by atoms with Gasteiger partial charge in [-0.05, 0) is 12.3 Å². The summed E-state index contributed by atoms with van der Waals surface area (Å²) in [6, 6.07) is 0. The van der Waals surface area contributed by atoms with Crippen molar-refractivity contribution in [1.82, 2.24) is 0 Å². The smallest absolute Gasteiger partial charge is 0.0837 e. The number of hydrogen-bond acceptors (Lipinski definition) is 2. The third kappa shape index (κ3) is 2.17. The minimum Gasteiger partial charge on any atom is -0.390 e. The average Bonchev–Trinajstić information content (AvgIpc) is 2.71. The second-order valence-electron chi connectivity index (χ2n) is 3.77. The molecular weight excluding hydrogens is 140 g/mol. The van der Waals surface area contributed by atoms with Gasteiger partial charge in [0, 0.05) is 6.42 Å². The molecule has 0 aliphatic carbocycles. The Labute approximate surface area is 68.6 Å². The molecule has 66 valence electrons. The van der Waals surface area contributed by atoms with Gasteiger partial charge < -0.3 is 9.84 Å². The van der Waals surface area contributed by atoms with E-state index in [1.807, 2.05) is 6.92 Å². The zero-order valence-corrected chi connectivity index (χ0v) is 7.63. The zero-order valence-electron chi connectivity index (χ0n) is 7.63. The van der Waals surface area contributed by atoms with Crippen LogP contribution in [0.2, 0.25) is 0 Å². The lowest BCUT2D eigenvalue weighted by molar-refractivity contribution is -0.0221. The molecule has 1 aliphatic rings. The van der Waals surface area contributed by atoms with Gasteiger partial charge in [0.05, 0.1) is 18.3 Å². The van der Waals surface area contributed by atoms with Crippen LogP contribution in [-0.4, -0.2) is 23.4 Å². The van der Waals surface area contributed by atoms with Crippen molar-refractivity contribution in [3.63, 3.8) is 0 Å². The van der Waals surface area contributed by atoms with E-state index < -0.39 is 5.60 Å². The fraction of sp³-hybridized carbons (Fsp3) is 1.00. The second-order valence-corrected chi connectivity index (χ2v) is 3.77. The van der Waals surface area contributed by atoms with Crippen molar-refractivity contribution in [3.05, 3.63) is 0 Å². The fourth-order valence-electron chi connectivity index (χ4n) is 1.37. The van der Waals surface area contributed by atoms with Gasteiger partial charge in [0.25, 0.3) is 0 Å². The van der Waals surface area contributed by atoms with Crippen molar-refractivity contribution in [2.24, 2.45) is 5.92 Å². The molecule has 1 N–H and O–H groups in total. The molecule has 1 fully saturated rings. The van der Waals surface area contributed by atoms with E-state index in [0.717, 1.165) is 19.4 Å². The Morgan fingerprint density at radius 1 is 1.64 bits per heavy atom. The van der Waals surface area contributed by atoms with Crippen LogP contribution in [0.25, 0.3) is 0 Å². The van der Waals surface area contributed by atoms with E-state index >= 15 is 0 Å². The molecule has 1 aliphatic heterocycles. The normalized spacial score (nSPS) is 28.6. The Balaban J connectivity index is 2.42. The molecule has 11 heavy (non-hydrogen) atoms. The highest BCUT2D eigenvalue weighted by Crippen LogP contribution is 2.31. The lowest BCUT2D eigenvalue weighted by atomic mass is 9.84. The Morgan fingerprint density at radius 3 is 2.45 bits per heavy atom. The molecular formula is C9H18O2. The molecule has 0 bridgehead atoms. The number of rotatable bonds is 4. The van der Waals surface area contributed by atoms with Crippen molar-refractivity contribution in [2.75, 3.05) is 6.61 Å². The van der Waals surface area contributed by atoms with Crippen LogP contribution in [0.3, 0.4) is 0 Å². The predicted molar refractivity (Wildman–Crippen MR) is 44.4 cm³/mol. The van der Waals surface area contributed by atoms with Crippen molar-refractivity contribution in [1.29, 1.82) is 0 Å². The number of epoxide rings is 1. The van der Waals surface area contributed by atoms with Crippen molar-refractivity contribution in [3.8, 4) is 0 Å². The number of aliphatic hydroxyl groups is 1. The molecule has 0 aromatic heterocycles. The second kappa shape index (κ2) is 3.11. The van der Waals surface area contributed by atoms with Crippen molar-refractivity contribution < 1.29 is 9.84 Å². The van der Waals surface area contributed by atoms with Crippen LogP contribution in [-0.2, 0) is 4.74 Å². The summed E-state index contributed by atoms with van der Waals surface area (Å²) < 4.78 is 5.10. The molecule has 1 heterocycles. The lowest BCUT2D eigenvalue weighted by Gasteiger charge is -2.30. The van der Waals surface area contributed by atoms with Crippen molar-refractivity contribution >= 4 is 0 Å². The highest BCUT2D eigenvalue weighted by molar-refractivity contribution is 4.87. The molecule has 0 radical (unpaired) electrons. The predicted octanol–water partition coefficient (Wildman–Crippen LogP) is 1.57. The summed E-state index contributed by atoms with van der Waals surface area (Å²) in [7, 11) is 0. The quantitative estimate of drug-likeness (QED) is 0.630. The maximum absolute atomic E-state index is 10.0. The SMILES string of the molecule is CC[C@](O)(C[C@H]1CO1)C(C)C. The fourth-order valence-corrected chi connectivity index (χ4v) is 1.37. The lowest BCUT2D eigenvalue weighted by Crippen LogP contribution is -2.35. The van der Waals surface area contributed by atoms with Crippen LogP contribution in [0.1, 0.15) is 33.6 Å². The molecule has 2 atom stereocenters. The van der Waals surface area contributed by atoms with Crippen LogP contribution >= 0.6 is 0 Å². The average molecular weight is 158 g/mol. The van der Waals surface area contributed by atoms with E-state index in [2.05, 4.69) is 13.8 Å². The summed E-state index contributed by atoms with van der Waals surface area (Å²) in [5.41, 5.74) is -0.499. The van der Waals surface area contributed by atoms with Crippen LogP contribution in [0.15, 0.2) is 0 Å². The molecule has 0 saturated carbocycles. The van der Waals surface area contributed by atoms with Crippen molar-refractivity contribution in [2.45, 2.75) is 45.3 Å². The van der Waals surface area contributed by atoms with Crippen LogP contribution in [0, 0.1) is 5.92 Å². The maximum atomic E-state index is 10.0. The number of ether oxygens (including phenoxy) is 1. The Bertz CT molecular complexity index is 130. The van der Waals surface area contributed by atoms with E-state index in [-0.39, 0.29) is 0 Å². The molecule has 0 spiro atoms. The summed E-state index contributed by atoms with van der Waals surface area (Å²) in [4.78, 5) is 0. The Hall–Kier alpha value is -0.0800. The van der Waals surface area contributed by atoms with Gasteiger partial charge >= 0.3 is 0 Å². The minimum absolute atomic E-state index is 0.330. The first-order chi connectivity index (χ1) is 5.08. The first-order valence-corrected chi connectivity index (χ1v) is 4.42.